The molecule has 1 unspecified atom stereocenters. The van der Waals surface area contributed by atoms with Gasteiger partial charge < -0.3 is 10.2 Å². The zero-order chi connectivity index (χ0) is 23.9. The molecule has 0 saturated carbocycles. The standard InChI is InChI=1S/C25H29N5O3S/c1-34-16-10-21(27-24(32)19-7-3-2-4-8-19)25(33)29-14-12-28(13-15-29)18-20-17-23(31)30-11-6-5-9-22(30)26-20/h2-9,11,17,21H,10,12-16,18H2,1H3,(H,27,32). The number of aromatic nitrogens is 2. The summed E-state index contributed by atoms with van der Waals surface area (Å²) in [6.45, 7) is 3.07. The number of benzene rings is 1. The fourth-order valence-electron chi connectivity index (χ4n) is 4.08. The van der Waals surface area contributed by atoms with Crippen LogP contribution in [-0.2, 0) is 11.3 Å². The Labute approximate surface area is 203 Å². The minimum atomic E-state index is -0.547. The maximum atomic E-state index is 13.3. The molecule has 0 bridgehead atoms. The zero-order valence-corrected chi connectivity index (χ0v) is 20.0. The van der Waals surface area contributed by atoms with E-state index in [2.05, 4.69) is 15.2 Å². The highest BCUT2D eigenvalue weighted by molar-refractivity contribution is 7.98. The van der Waals surface area contributed by atoms with Crippen molar-refractivity contribution >= 4 is 29.2 Å². The lowest BCUT2D eigenvalue weighted by Gasteiger charge is -2.36. The van der Waals surface area contributed by atoms with Gasteiger partial charge in [-0.2, -0.15) is 11.8 Å². The van der Waals surface area contributed by atoms with Gasteiger partial charge in [-0.25, -0.2) is 4.98 Å². The Morgan fingerprint density at radius 1 is 1.06 bits per heavy atom. The Morgan fingerprint density at radius 3 is 2.53 bits per heavy atom. The normalized spacial score (nSPS) is 15.3. The molecule has 1 aliphatic heterocycles. The van der Waals surface area contributed by atoms with Crippen molar-refractivity contribution in [2.45, 2.75) is 19.0 Å². The second kappa shape index (κ2) is 11.3. The number of piperazine rings is 1. The minimum Gasteiger partial charge on any atom is -0.340 e. The summed E-state index contributed by atoms with van der Waals surface area (Å²) in [4.78, 5) is 46.9. The molecule has 1 atom stereocenters. The van der Waals surface area contributed by atoms with Crippen molar-refractivity contribution in [3.8, 4) is 0 Å². The van der Waals surface area contributed by atoms with Gasteiger partial charge in [0, 0.05) is 50.6 Å². The Kier molecular flexibility index (Phi) is 7.97. The maximum absolute atomic E-state index is 13.3. The molecule has 1 saturated heterocycles. The van der Waals surface area contributed by atoms with Crippen LogP contribution in [0.3, 0.4) is 0 Å². The third-order valence-corrected chi connectivity index (χ3v) is 6.59. The molecule has 178 valence electrons. The summed E-state index contributed by atoms with van der Waals surface area (Å²) in [6.07, 6.45) is 4.29. The molecule has 34 heavy (non-hydrogen) atoms. The third-order valence-electron chi connectivity index (χ3n) is 5.94. The average molecular weight is 480 g/mol. The quantitative estimate of drug-likeness (QED) is 0.531. The van der Waals surface area contributed by atoms with E-state index in [1.807, 2.05) is 41.5 Å². The number of pyridine rings is 1. The van der Waals surface area contributed by atoms with E-state index in [1.165, 1.54) is 4.40 Å². The maximum Gasteiger partial charge on any atom is 0.258 e. The van der Waals surface area contributed by atoms with Gasteiger partial charge in [0.25, 0.3) is 11.5 Å². The first-order valence-corrected chi connectivity index (χ1v) is 12.8. The Hall–Kier alpha value is -3.17. The van der Waals surface area contributed by atoms with E-state index in [4.69, 9.17) is 0 Å². The third kappa shape index (κ3) is 5.84. The molecule has 1 N–H and O–H groups in total. The van der Waals surface area contributed by atoms with Crippen molar-refractivity contribution in [3.05, 3.63) is 82.4 Å². The number of amides is 2. The molecule has 1 fully saturated rings. The highest BCUT2D eigenvalue weighted by Gasteiger charge is 2.28. The van der Waals surface area contributed by atoms with Gasteiger partial charge in [-0.1, -0.05) is 24.3 Å². The summed E-state index contributed by atoms with van der Waals surface area (Å²) in [5.74, 6) is 0.515. The van der Waals surface area contributed by atoms with E-state index in [-0.39, 0.29) is 17.4 Å². The number of thioether (sulfide) groups is 1. The van der Waals surface area contributed by atoms with Crippen molar-refractivity contribution in [2.24, 2.45) is 0 Å². The Morgan fingerprint density at radius 2 is 1.79 bits per heavy atom. The summed E-state index contributed by atoms with van der Waals surface area (Å²) >= 11 is 1.66. The van der Waals surface area contributed by atoms with Crippen molar-refractivity contribution < 1.29 is 9.59 Å². The number of nitrogens with one attached hydrogen (secondary N) is 1. The number of hydrogen-bond donors (Lipinski definition) is 1. The van der Waals surface area contributed by atoms with Crippen molar-refractivity contribution in [3.63, 3.8) is 0 Å². The van der Waals surface area contributed by atoms with E-state index in [0.29, 0.717) is 50.4 Å². The van der Waals surface area contributed by atoms with E-state index in [0.717, 1.165) is 11.4 Å². The van der Waals surface area contributed by atoms with Crippen LogP contribution < -0.4 is 10.9 Å². The van der Waals surface area contributed by atoms with Gasteiger partial charge in [0.1, 0.15) is 11.7 Å². The van der Waals surface area contributed by atoms with Gasteiger partial charge in [-0.05, 0) is 42.7 Å². The van der Waals surface area contributed by atoms with Gasteiger partial charge in [-0.3, -0.25) is 23.7 Å². The van der Waals surface area contributed by atoms with Crippen LogP contribution in [0.25, 0.3) is 5.65 Å². The molecule has 2 aromatic heterocycles. The number of hydrogen-bond acceptors (Lipinski definition) is 6. The lowest BCUT2D eigenvalue weighted by atomic mass is 10.1. The number of carbonyl (C=O) groups is 2. The van der Waals surface area contributed by atoms with Gasteiger partial charge in [-0.15, -0.1) is 0 Å². The smallest absolute Gasteiger partial charge is 0.258 e. The molecule has 1 aromatic carbocycles. The topological polar surface area (TPSA) is 87.0 Å². The summed E-state index contributed by atoms with van der Waals surface area (Å²) in [5, 5.41) is 2.94. The molecule has 3 aromatic rings. The molecular formula is C25H29N5O3S. The second-order valence-corrected chi connectivity index (χ2v) is 9.28. The number of carbonyl (C=O) groups excluding carboxylic acids is 2. The van der Waals surface area contributed by atoms with Crippen LogP contribution in [0.2, 0.25) is 0 Å². The van der Waals surface area contributed by atoms with Crippen LogP contribution >= 0.6 is 11.8 Å². The van der Waals surface area contributed by atoms with Crippen LogP contribution in [0.15, 0.2) is 65.6 Å². The van der Waals surface area contributed by atoms with Gasteiger partial charge >= 0.3 is 0 Å². The predicted octanol–water partition coefficient (Wildman–Crippen LogP) is 1.89. The van der Waals surface area contributed by atoms with Crippen LogP contribution in [0.4, 0.5) is 0 Å². The Bertz CT molecular complexity index is 1190. The summed E-state index contributed by atoms with van der Waals surface area (Å²) in [6, 6.07) is 15.5. The fourth-order valence-corrected chi connectivity index (χ4v) is 4.56. The Balaban J connectivity index is 1.36. The highest BCUT2D eigenvalue weighted by atomic mass is 32.2. The molecule has 0 aliphatic carbocycles. The zero-order valence-electron chi connectivity index (χ0n) is 19.2. The van der Waals surface area contributed by atoms with Gasteiger partial charge in [0.15, 0.2) is 0 Å². The number of rotatable bonds is 8. The summed E-state index contributed by atoms with van der Waals surface area (Å²) in [7, 11) is 0. The summed E-state index contributed by atoms with van der Waals surface area (Å²) < 4.78 is 1.53. The SMILES string of the molecule is CSCCC(NC(=O)c1ccccc1)C(=O)N1CCN(Cc2cc(=O)n3ccccc3n2)CC1. The largest absolute Gasteiger partial charge is 0.340 e. The average Bonchev–Trinajstić information content (AvgIpc) is 2.87. The van der Waals surface area contributed by atoms with Crippen LogP contribution in [0.1, 0.15) is 22.5 Å². The predicted molar refractivity (Wildman–Crippen MR) is 134 cm³/mol. The van der Waals surface area contributed by atoms with Crippen LogP contribution in [-0.4, -0.2) is 75.2 Å². The molecule has 1 aliphatic rings. The first kappa shape index (κ1) is 24.0. The van der Waals surface area contributed by atoms with E-state index < -0.39 is 6.04 Å². The molecule has 9 heteroatoms. The molecule has 8 nitrogen and oxygen atoms in total. The molecule has 0 radical (unpaired) electrons. The molecular weight excluding hydrogens is 450 g/mol. The second-order valence-electron chi connectivity index (χ2n) is 8.29. The lowest BCUT2D eigenvalue weighted by molar-refractivity contribution is -0.135. The number of nitrogens with zero attached hydrogens (tertiary/aromatic N) is 4. The fraction of sp³-hybridized carbons (Fsp3) is 0.360. The van der Waals surface area contributed by atoms with E-state index in [9.17, 15) is 14.4 Å². The number of fused-ring (bicyclic) bond motifs is 1. The highest BCUT2D eigenvalue weighted by Crippen LogP contribution is 2.12. The van der Waals surface area contributed by atoms with Crippen molar-refractivity contribution in [2.75, 3.05) is 38.2 Å². The monoisotopic (exact) mass is 479 g/mol. The molecule has 2 amide bonds. The van der Waals surface area contributed by atoms with E-state index in [1.54, 1.807) is 42.2 Å². The van der Waals surface area contributed by atoms with Gasteiger partial charge in [0.05, 0.1) is 5.69 Å². The van der Waals surface area contributed by atoms with E-state index >= 15 is 0 Å². The van der Waals surface area contributed by atoms with Crippen molar-refractivity contribution in [1.29, 1.82) is 0 Å². The minimum absolute atomic E-state index is 0.0416. The van der Waals surface area contributed by atoms with Crippen molar-refractivity contribution in [1.82, 2.24) is 24.5 Å². The van der Waals surface area contributed by atoms with Crippen LogP contribution in [0.5, 0.6) is 0 Å². The first-order chi connectivity index (χ1) is 16.5. The summed E-state index contributed by atoms with van der Waals surface area (Å²) in [5.41, 5.74) is 1.81. The molecule has 3 heterocycles. The molecule has 4 rings (SSSR count). The molecule has 0 spiro atoms. The van der Waals surface area contributed by atoms with Crippen LogP contribution in [0, 0.1) is 0 Å². The van der Waals surface area contributed by atoms with Gasteiger partial charge in [0.2, 0.25) is 5.91 Å². The lowest BCUT2D eigenvalue weighted by Crippen LogP contribution is -2.55. The first-order valence-electron chi connectivity index (χ1n) is 11.4.